The van der Waals surface area contributed by atoms with Gasteiger partial charge in [-0.2, -0.15) is 5.26 Å². The summed E-state index contributed by atoms with van der Waals surface area (Å²) in [6, 6.07) is 6.72. The van der Waals surface area contributed by atoms with Crippen LogP contribution in [0.3, 0.4) is 0 Å². The van der Waals surface area contributed by atoms with Gasteiger partial charge in [0.1, 0.15) is 17.7 Å². The molecule has 10 heteroatoms. The number of nitrogens with two attached hydrogens (primary N) is 1. The lowest BCUT2D eigenvalue weighted by Gasteiger charge is -2.36. The molecule has 2 aromatic rings. The smallest absolute Gasteiger partial charge is 0.323 e. The number of aliphatic imine (C=N–C) groups is 1. The van der Waals surface area contributed by atoms with Gasteiger partial charge in [0.25, 0.3) is 0 Å². The normalized spacial score (nSPS) is 16.3. The van der Waals surface area contributed by atoms with Gasteiger partial charge in [0.15, 0.2) is 0 Å². The number of urea groups is 1. The number of anilines is 2. The fourth-order valence-corrected chi connectivity index (χ4v) is 3.65. The van der Waals surface area contributed by atoms with Crippen LogP contribution in [0.2, 0.25) is 0 Å². The number of primary amides is 1. The van der Waals surface area contributed by atoms with Crippen molar-refractivity contribution >= 4 is 23.4 Å². The molecule has 1 fully saturated rings. The van der Waals surface area contributed by atoms with Crippen molar-refractivity contribution in [2.24, 2.45) is 10.7 Å². The number of ether oxygens (including phenoxy) is 1. The molecule has 0 aliphatic carbocycles. The minimum absolute atomic E-state index is 0.242. The summed E-state index contributed by atoms with van der Waals surface area (Å²) < 4.78 is 20.5. The molecule has 0 radical (unpaired) electrons. The van der Waals surface area contributed by atoms with E-state index in [1.165, 1.54) is 23.2 Å². The highest BCUT2D eigenvalue weighted by Crippen LogP contribution is 2.30. The van der Waals surface area contributed by atoms with Gasteiger partial charge in [-0.25, -0.2) is 9.18 Å². The average Bonchev–Trinajstić information content (AvgIpc) is 2.73. The van der Waals surface area contributed by atoms with Crippen molar-refractivity contribution in [1.29, 1.82) is 5.26 Å². The van der Waals surface area contributed by atoms with Gasteiger partial charge in [-0.15, -0.1) is 4.99 Å². The van der Waals surface area contributed by atoms with Crippen LogP contribution >= 0.6 is 0 Å². The molecule has 3 rings (SSSR count). The van der Waals surface area contributed by atoms with E-state index in [4.69, 9.17) is 15.7 Å². The molecule has 1 atom stereocenters. The molecule has 1 aromatic heterocycles. The Balaban J connectivity index is 1.84. The number of likely N-dealkylation sites (tertiary alicyclic amines) is 1. The van der Waals surface area contributed by atoms with Crippen LogP contribution in [-0.4, -0.2) is 60.1 Å². The topological polar surface area (TPSA) is 111 Å². The molecule has 0 unspecified atom stereocenters. The highest BCUT2D eigenvalue weighted by molar-refractivity contribution is 5.98. The molecule has 0 bridgehead atoms. The highest BCUT2D eigenvalue weighted by atomic mass is 19.1. The summed E-state index contributed by atoms with van der Waals surface area (Å²) in [6.07, 6.45) is 4.67. The van der Waals surface area contributed by atoms with Crippen molar-refractivity contribution in [3.63, 3.8) is 0 Å². The van der Waals surface area contributed by atoms with Crippen molar-refractivity contribution in [3.05, 3.63) is 48.0 Å². The fourth-order valence-electron chi connectivity index (χ4n) is 3.65. The first-order valence-electron chi connectivity index (χ1n) is 10.2. The molecule has 1 aliphatic heterocycles. The van der Waals surface area contributed by atoms with E-state index in [-0.39, 0.29) is 17.5 Å². The number of guanidine groups is 1. The summed E-state index contributed by atoms with van der Waals surface area (Å²) in [6.45, 7) is 3.05. The zero-order chi connectivity index (χ0) is 23.3. The van der Waals surface area contributed by atoms with Crippen molar-refractivity contribution in [1.82, 2.24) is 14.8 Å². The summed E-state index contributed by atoms with van der Waals surface area (Å²) in [5.74, 6) is 0.269. The van der Waals surface area contributed by atoms with Crippen LogP contribution in [0.25, 0.3) is 0 Å². The van der Waals surface area contributed by atoms with Gasteiger partial charge in [0.05, 0.1) is 24.1 Å². The summed E-state index contributed by atoms with van der Waals surface area (Å²) in [7, 11) is 3.63. The minimum Gasteiger partial charge on any atom is -0.488 e. The molecular weight excluding hydrogens is 413 g/mol. The Morgan fingerprint density at radius 1 is 1.34 bits per heavy atom. The van der Waals surface area contributed by atoms with Crippen LogP contribution in [0.5, 0.6) is 5.75 Å². The van der Waals surface area contributed by atoms with Crippen molar-refractivity contribution < 1.29 is 13.9 Å². The largest absolute Gasteiger partial charge is 0.488 e. The predicted octanol–water partition coefficient (Wildman–Crippen LogP) is 2.99. The number of pyridine rings is 1. The maximum absolute atomic E-state index is 14.4. The molecule has 2 heterocycles. The van der Waals surface area contributed by atoms with E-state index in [2.05, 4.69) is 9.98 Å². The Bertz CT molecular complexity index is 1030. The van der Waals surface area contributed by atoms with Gasteiger partial charge in [-0.3, -0.25) is 9.88 Å². The molecule has 2 amide bonds. The van der Waals surface area contributed by atoms with E-state index in [9.17, 15) is 9.18 Å². The quantitative estimate of drug-likeness (QED) is 0.445. The van der Waals surface area contributed by atoms with Crippen LogP contribution in [0.4, 0.5) is 20.6 Å². The van der Waals surface area contributed by atoms with E-state index >= 15 is 0 Å². The summed E-state index contributed by atoms with van der Waals surface area (Å²) >= 11 is 0. The Hall–Kier alpha value is -3.87. The number of amides is 2. The number of aromatic nitrogens is 1. The van der Waals surface area contributed by atoms with Crippen LogP contribution in [0, 0.1) is 24.2 Å². The van der Waals surface area contributed by atoms with Gasteiger partial charge < -0.3 is 20.3 Å². The highest BCUT2D eigenvalue weighted by Gasteiger charge is 2.26. The molecule has 0 saturated carbocycles. The maximum atomic E-state index is 14.4. The number of hydrogen-bond donors (Lipinski definition) is 1. The minimum atomic E-state index is -0.764. The van der Waals surface area contributed by atoms with Crippen molar-refractivity contribution in [2.75, 3.05) is 32.1 Å². The zero-order valence-electron chi connectivity index (χ0n) is 18.3. The first-order valence-corrected chi connectivity index (χ1v) is 10.2. The van der Waals surface area contributed by atoms with E-state index in [1.807, 2.05) is 32.1 Å². The van der Waals surface area contributed by atoms with Crippen LogP contribution in [0.15, 0.2) is 41.5 Å². The number of nitrogens with zero attached hydrogens (tertiary/aromatic N) is 6. The monoisotopic (exact) mass is 439 g/mol. The van der Waals surface area contributed by atoms with Crippen LogP contribution in [0.1, 0.15) is 18.5 Å². The average molecular weight is 439 g/mol. The van der Waals surface area contributed by atoms with Crippen LogP contribution in [-0.2, 0) is 0 Å². The van der Waals surface area contributed by atoms with Crippen molar-refractivity contribution in [2.45, 2.75) is 25.9 Å². The number of carbonyl (C=O) groups excluding carboxylic acids is 1. The van der Waals surface area contributed by atoms with E-state index in [1.54, 1.807) is 23.1 Å². The molecular formula is C22H26FN7O2. The number of nitriles is 1. The third-order valence-corrected chi connectivity index (χ3v) is 5.00. The van der Waals surface area contributed by atoms with Crippen LogP contribution < -0.4 is 15.4 Å². The van der Waals surface area contributed by atoms with Gasteiger partial charge >= 0.3 is 6.03 Å². The number of halogens is 1. The molecule has 0 spiro atoms. The molecule has 168 valence electrons. The number of hydrogen-bond acceptors (Lipinski definition) is 5. The third kappa shape index (κ3) is 5.43. The van der Waals surface area contributed by atoms with Gasteiger partial charge in [0, 0.05) is 38.5 Å². The second kappa shape index (κ2) is 9.96. The number of aryl methyl sites for hydroxylation is 1. The number of carbonyl (C=O) groups is 1. The molecule has 1 saturated heterocycles. The number of benzene rings is 1. The van der Waals surface area contributed by atoms with Gasteiger partial charge in [0.2, 0.25) is 12.2 Å². The number of piperidine rings is 1. The molecule has 2 N–H and O–H groups in total. The summed E-state index contributed by atoms with van der Waals surface area (Å²) in [5.41, 5.74) is 7.02. The second-order valence-corrected chi connectivity index (χ2v) is 7.71. The van der Waals surface area contributed by atoms with E-state index < -0.39 is 11.8 Å². The first-order chi connectivity index (χ1) is 15.3. The zero-order valence-corrected chi connectivity index (χ0v) is 18.3. The Labute approximate surface area is 186 Å². The lowest BCUT2D eigenvalue weighted by Crippen LogP contribution is -2.49. The summed E-state index contributed by atoms with van der Waals surface area (Å²) in [4.78, 5) is 25.1. The summed E-state index contributed by atoms with van der Waals surface area (Å²) in [5, 5.41) is 8.97. The van der Waals surface area contributed by atoms with Gasteiger partial charge in [-0.05, 0) is 38.0 Å². The predicted molar refractivity (Wildman–Crippen MR) is 119 cm³/mol. The number of rotatable bonds is 4. The standard InChI is InChI=1S/C22H26FN7O2/c1-15-6-7-17(12-26-15)30(21(25)31)18-9-16(23)10-20(11-18)32-19-5-4-8-29(13-19)22(27-14-24)28(2)3/h6-7,9-12,19H,4-5,8,13H2,1-3H3,(H2,25,31)/t19-/m1/s1. The Morgan fingerprint density at radius 2 is 2.12 bits per heavy atom. The van der Waals surface area contributed by atoms with Gasteiger partial charge in [-0.1, -0.05) is 0 Å². The maximum Gasteiger partial charge on any atom is 0.323 e. The van der Waals surface area contributed by atoms with E-state index in [0.717, 1.165) is 25.1 Å². The Kier molecular flexibility index (Phi) is 7.10. The second-order valence-electron chi connectivity index (χ2n) is 7.71. The third-order valence-electron chi connectivity index (χ3n) is 5.00. The lowest BCUT2D eigenvalue weighted by atomic mass is 10.1. The molecule has 1 aromatic carbocycles. The lowest BCUT2D eigenvalue weighted by molar-refractivity contribution is 0.119. The fraction of sp³-hybridized carbons (Fsp3) is 0.364. The first kappa shape index (κ1) is 22.8. The molecule has 9 nitrogen and oxygen atoms in total. The SMILES string of the molecule is Cc1ccc(N(C(N)=O)c2cc(F)cc(O[C@@H]3CCCN(C(=NC#N)N(C)C)C3)c2)cn1. The van der Waals surface area contributed by atoms with E-state index in [0.29, 0.717) is 18.2 Å². The molecule has 1 aliphatic rings. The van der Waals surface area contributed by atoms with Crippen molar-refractivity contribution in [3.8, 4) is 11.9 Å². The Morgan fingerprint density at radius 3 is 2.75 bits per heavy atom. The molecule has 32 heavy (non-hydrogen) atoms.